The largest absolute Gasteiger partial charge is 0.493 e. The minimum Gasteiger partial charge on any atom is -0.493 e. The van der Waals surface area contributed by atoms with Gasteiger partial charge in [0, 0.05) is 17.8 Å². The van der Waals surface area contributed by atoms with Crippen molar-refractivity contribution in [2.75, 3.05) is 19.5 Å². The van der Waals surface area contributed by atoms with Crippen LogP contribution in [-0.4, -0.2) is 24.7 Å². The Morgan fingerprint density at radius 3 is 2.65 bits per heavy atom. The van der Waals surface area contributed by atoms with Crippen LogP contribution in [-0.2, 0) is 6.54 Å². The molecule has 26 heavy (non-hydrogen) atoms. The number of carbonyl (C=O) groups is 1. The van der Waals surface area contributed by atoms with Gasteiger partial charge >= 0.3 is 4.87 Å². The van der Waals surface area contributed by atoms with Crippen LogP contribution in [0.15, 0.2) is 53.8 Å². The summed E-state index contributed by atoms with van der Waals surface area (Å²) in [5.74, 6) is 0.761. The Hall–Kier alpha value is -3.06. The van der Waals surface area contributed by atoms with Gasteiger partial charge in [0.1, 0.15) is 0 Å². The van der Waals surface area contributed by atoms with Gasteiger partial charge in [-0.3, -0.25) is 14.2 Å². The zero-order valence-corrected chi connectivity index (χ0v) is 15.3. The maximum absolute atomic E-state index is 12.5. The fourth-order valence-corrected chi connectivity index (χ4v) is 3.57. The number of nitrogens with zero attached hydrogens (tertiary/aromatic N) is 1. The summed E-state index contributed by atoms with van der Waals surface area (Å²) >= 11 is 1.14. The van der Waals surface area contributed by atoms with E-state index < -0.39 is 0 Å². The summed E-state index contributed by atoms with van der Waals surface area (Å²) < 4.78 is 12.9. The molecule has 0 atom stereocenters. The number of rotatable bonds is 6. The average Bonchev–Trinajstić information content (AvgIpc) is 2.96. The Balaban J connectivity index is 1.87. The normalized spacial score (nSPS) is 10.5. The van der Waals surface area contributed by atoms with E-state index in [1.54, 1.807) is 41.0 Å². The van der Waals surface area contributed by atoms with E-state index in [1.165, 1.54) is 14.2 Å². The molecule has 0 saturated heterocycles. The fourth-order valence-electron chi connectivity index (χ4n) is 2.63. The highest BCUT2D eigenvalue weighted by molar-refractivity contribution is 7.16. The molecule has 0 unspecified atom stereocenters. The molecule has 6 nitrogen and oxygen atoms in total. The third kappa shape index (κ3) is 3.34. The lowest BCUT2D eigenvalue weighted by Crippen LogP contribution is -2.12. The van der Waals surface area contributed by atoms with Gasteiger partial charge in [0.05, 0.1) is 24.4 Å². The van der Waals surface area contributed by atoms with Gasteiger partial charge in [-0.1, -0.05) is 17.4 Å². The molecular weight excluding hydrogens is 352 g/mol. The Morgan fingerprint density at radius 1 is 1.19 bits per heavy atom. The molecule has 0 fully saturated rings. The quantitative estimate of drug-likeness (QED) is 0.674. The second-order valence-electron chi connectivity index (χ2n) is 5.47. The van der Waals surface area contributed by atoms with Gasteiger partial charge in [0.2, 0.25) is 0 Å². The van der Waals surface area contributed by atoms with Crippen LogP contribution in [0.25, 0.3) is 10.2 Å². The molecule has 2 aromatic carbocycles. The summed E-state index contributed by atoms with van der Waals surface area (Å²) in [6, 6.07) is 10.3. The number of allylic oxidation sites excluding steroid dienone is 1. The summed E-state index contributed by atoms with van der Waals surface area (Å²) in [7, 11) is 3.06. The summed E-state index contributed by atoms with van der Waals surface area (Å²) in [5, 5.41) is 2.84. The third-order valence-corrected chi connectivity index (χ3v) is 4.83. The number of nitrogens with one attached hydrogen (secondary N) is 1. The molecule has 1 amide bonds. The molecule has 0 aliphatic rings. The van der Waals surface area contributed by atoms with Crippen LogP contribution in [0.2, 0.25) is 0 Å². The van der Waals surface area contributed by atoms with Crippen molar-refractivity contribution < 1.29 is 14.3 Å². The van der Waals surface area contributed by atoms with Gasteiger partial charge < -0.3 is 14.8 Å². The zero-order valence-electron chi connectivity index (χ0n) is 14.4. The Morgan fingerprint density at radius 2 is 1.96 bits per heavy atom. The van der Waals surface area contributed by atoms with E-state index in [2.05, 4.69) is 11.9 Å². The van der Waals surface area contributed by atoms with Crippen LogP contribution in [0.4, 0.5) is 5.69 Å². The predicted molar refractivity (Wildman–Crippen MR) is 104 cm³/mol. The van der Waals surface area contributed by atoms with Crippen molar-refractivity contribution in [2.24, 2.45) is 0 Å². The first-order valence-electron chi connectivity index (χ1n) is 7.85. The van der Waals surface area contributed by atoms with Gasteiger partial charge in [0.15, 0.2) is 11.5 Å². The number of fused-ring (bicyclic) bond motifs is 1. The first-order valence-corrected chi connectivity index (χ1v) is 8.66. The van der Waals surface area contributed by atoms with Gasteiger partial charge in [-0.25, -0.2) is 0 Å². The standard InChI is InChI=1S/C19H18N2O4S/c1-4-9-21-14-7-6-13(11-17(14)26-19(21)23)20-18(22)12-5-8-15(24-2)16(10-12)25-3/h4-8,10-11H,1,9H2,2-3H3,(H,20,22). The Labute approximate surface area is 154 Å². The van der Waals surface area contributed by atoms with Crippen LogP contribution in [0, 0.1) is 0 Å². The zero-order chi connectivity index (χ0) is 18.7. The highest BCUT2D eigenvalue weighted by atomic mass is 32.1. The number of thiazole rings is 1. The second-order valence-corrected chi connectivity index (χ2v) is 6.47. The number of carbonyl (C=O) groups excluding carboxylic acids is 1. The Bertz CT molecular complexity index is 1040. The molecule has 134 valence electrons. The fraction of sp³-hybridized carbons (Fsp3) is 0.158. The number of amides is 1. The van der Waals surface area contributed by atoms with E-state index >= 15 is 0 Å². The predicted octanol–water partition coefficient (Wildman–Crippen LogP) is 3.52. The minimum atomic E-state index is -0.275. The molecule has 3 rings (SSSR count). The van der Waals surface area contributed by atoms with E-state index in [0.29, 0.717) is 29.3 Å². The molecule has 7 heteroatoms. The monoisotopic (exact) mass is 370 g/mol. The number of hydrogen-bond acceptors (Lipinski definition) is 5. The maximum atomic E-state index is 12.5. The second kappa shape index (κ2) is 7.45. The average molecular weight is 370 g/mol. The van der Waals surface area contributed by atoms with Crippen molar-refractivity contribution in [1.82, 2.24) is 4.57 Å². The number of ether oxygens (including phenoxy) is 2. The highest BCUT2D eigenvalue weighted by Gasteiger charge is 2.12. The lowest BCUT2D eigenvalue weighted by molar-refractivity contribution is 0.102. The van der Waals surface area contributed by atoms with Crippen LogP contribution in [0.1, 0.15) is 10.4 Å². The van der Waals surface area contributed by atoms with Gasteiger partial charge in [-0.05, 0) is 36.4 Å². The number of methoxy groups -OCH3 is 2. The van der Waals surface area contributed by atoms with Gasteiger partial charge in [-0.2, -0.15) is 0 Å². The van der Waals surface area contributed by atoms with Gasteiger partial charge in [-0.15, -0.1) is 6.58 Å². The van der Waals surface area contributed by atoms with E-state index in [0.717, 1.165) is 21.6 Å². The molecule has 1 N–H and O–H groups in total. The minimum absolute atomic E-state index is 0.0525. The molecule has 0 aliphatic heterocycles. The molecular formula is C19H18N2O4S. The van der Waals surface area contributed by atoms with Crippen molar-refractivity contribution >= 4 is 33.1 Å². The number of hydrogen-bond donors (Lipinski definition) is 1. The van der Waals surface area contributed by atoms with E-state index in [1.807, 2.05) is 6.07 Å². The van der Waals surface area contributed by atoms with Crippen molar-refractivity contribution in [1.29, 1.82) is 0 Å². The summed E-state index contributed by atoms with van der Waals surface area (Å²) in [4.78, 5) is 24.5. The summed E-state index contributed by atoms with van der Waals surface area (Å²) in [6.07, 6.45) is 1.68. The summed E-state index contributed by atoms with van der Waals surface area (Å²) in [5.41, 5.74) is 1.88. The van der Waals surface area contributed by atoms with Crippen molar-refractivity contribution in [2.45, 2.75) is 6.54 Å². The number of anilines is 1. The maximum Gasteiger partial charge on any atom is 0.308 e. The lowest BCUT2D eigenvalue weighted by atomic mass is 10.2. The van der Waals surface area contributed by atoms with Crippen LogP contribution >= 0.6 is 11.3 Å². The molecule has 0 saturated carbocycles. The Kier molecular flexibility index (Phi) is 5.09. The first-order chi connectivity index (χ1) is 12.6. The summed E-state index contributed by atoms with van der Waals surface area (Å²) in [6.45, 7) is 4.12. The lowest BCUT2D eigenvalue weighted by Gasteiger charge is -2.10. The molecule has 1 heterocycles. The van der Waals surface area contributed by atoms with Crippen molar-refractivity contribution in [3.8, 4) is 11.5 Å². The topological polar surface area (TPSA) is 69.6 Å². The smallest absolute Gasteiger partial charge is 0.308 e. The molecule has 3 aromatic rings. The van der Waals surface area contributed by atoms with Gasteiger partial charge in [0.25, 0.3) is 5.91 Å². The van der Waals surface area contributed by atoms with E-state index in [9.17, 15) is 9.59 Å². The van der Waals surface area contributed by atoms with Crippen molar-refractivity contribution in [3.63, 3.8) is 0 Å². The number of benzene rings is 2. The van der Waals surface area contributed by atoms with Crippen LogP contribution in [0.5, 0.6) is 11.5 Å². The molecule has 0 spiro atoms. The molecule has 1 aromatic heterocycles. The van der Waals surface area contributed by atoms with E-state index in [-0.39, 0.29) is 10.8 Å². The third-order valence-electron chi connectivity index (χ3n) is 3.88. The van der Waals surface area contributed by atoms with Crippen molar-refractivity contribution in [3.05, 3.63) is 64.3 Å². The molecule has 0 aliphatic carbocycles. The first kappa shape index (κ1) is 17.8. The van der Waals surface area contributed by atoms with Crippen LogP contribution in [0.3, 0.4) is 0 Å². The molecule has 0 bridgehead atoms. The van der Waals surface area contributed by atoms with Crippen LogP contribution < -0.4 is 19.7 Å². The SMILES string of the molecule is C=CCn1c(=O)sc2cc(NC(=O)c3ccc(OC)c(OC)c3)ccc21. The number of aromatic nitrogens is 1. The van der Waals surface area contributed by atoms with E-state index in [4.69, 9.17) is 9.47 Å². The molecule has 0 radical (unpaired) electrons. The highest BCUT2D eigenvalue weighted by Crippen LogP contribution is 2.28.